The Hall–Kier alpha value is -1.09. The van der Waals surface area contributed by atoms with Crippen molar-refractivity contribution in [3.63, 3.8) is 0 Å². The van der Waals surface area contributed by atoms with Crippen LogP contribution in [0.2, 0.25) is 0 Å². The summed E-state index contributed by atoms with van der Waals surface area (Å²) in [4.78, 5) is 2.16. The Morgan fingerprint density at radius 3 is 2.67 bits per heavy atom. The third kappa shape index (κ3) is 2.12. The van der Waals surface area contributed by atoms with Crippen molar-refractivity contribution in [1.82, 2.24) is 0 Å². The van der Waals surface area contributed by atoms with Gasteiger partial charge in [-0.1, -0.05) is 0 Å². The van der Waals surface area contributed by atoms with Crippen LogP contribution >= 0.6 is 0 Å². The molecule has 0 radical (unpaired) electrons. The molecule has 1 fully saturated rings. The minimum atomic E-state index is -0.195. The molecule has 2 rings (SSSR count). The first-order valence-electron chi connectivity index (χ1n) is 5.43. The molecule has 0 saturated heterocycles. The maximum absolute atomic E-state index is 13.3. The van der Waals surface area contributed by atoms with Crippen LogP contribution in [0.3, 0.4) is 0 Å². The maximum Gasteiger partial charge on any atom is 0.125 e. The lowest BCUT2D eigenvalue weighted by Crippen LogP contribution is -2.37. The number of anilines is 1. The summed E-state index contributed by atoms with van der Waals surface area (Å²) in [5.74, 6) is -0.195. The van der Waals surface area contributed by atoms with Crippen molar-refractivity contribution in [1.29, 1.82) is 0 Å². The highest BCUT2D eigenvalue weighted by Gasteiger charge is 2.22. The van der Waals surface area contributed by atoms with Gasteiger partial charge in [-0.25, -0.2) is 4.39 Å². The highest BCUT2D eigenvalue weighted by Crippen LogP contribution is 2.29. The number of halogens is 1. The summed E-state index contributed by atoms with van der Waals surface area (Å²) in [5, 5.41) is 0. The van der Waals surface area contributed by atoms with Gasteiger partial charge in [0.05, 0.1) is 0 Å². The molecule has 0 unspecified atom stereocenters. The van der Waals surface area contributed by atoms with E-state index < -0.39 is 0 Å². The second-order valence-electron chi connectivity index (χ2n) is 4.22. The van der Waals surface area contributed by atoms with Crippen LogP contribution in [0.15, 0.2) is 18.2 Å². The Kier molecular flexibility index (Phi) is 2.91. The molecule has 1 aliphatic rings. The van der Waals surface area contributed by atoms with Gasteiger partial charge in [0.2, 0.25) is 0 Å². The van der Waals surface area contributed by atoms with E-state index in [0.717, 1.165) is 11.3 Å². The zero-order chi connectivity index (χ0) is 10.8. The molecular weight excluding hydrogens is 191 g/mol. The summed E-state index contributed by atoms with van der Waals surface area (Å²) >= 11 is 0. The number of nitrogens with zero attached hydrogens (tertiary/aromatic N) is 1. The molecule has 0 heterocycles. The average Bonchev–Trinajstić information content (AvgIpc) is 2.14. The van der Waals surface area contributed by atoms with Crippen LogP contribution in [0, 0.1) is 5.82 Å². The molecule has 0 atom stereocenters. The van der Waals surface area contributed by atoms with E-state index >= 15 is 0 Å². The van der Waals surface area contributed by atoms with E-state index in [1.54, 1.807) is 6.07 Å². The number of hydrogen-bond donors (Lipinski definition) is 1. The summed E-state index contributed by atoms with van der Waals surface area (Å²) in [6.45, 7) is 0.392. The molecule has 1 aromatic rings. The summed E-state index contributed by atoms with van der Waals surface area (Å²) in [7, 11) is 2.03. The van der Waals surface area contributed by atoms with Gasteiger partial charge in [0.1, 0.15) is 5.82 Å². The summed E-state index contributed by atoms with van der Waals surface area (Å²) in [6, 6.07) is 5.63. The van der Waals surface area contributed by atoms with Crippen LogP contribution in [0.5, 0.6) is 0 Å². The molecule has 0 amide bonds. The first kappa shape index (κ1) is 10.4. The standard InChI is InChI=1S/C12H17FN2/c1-15(11-3-2-4-11)12-6-9(8-14)5-10(13)7-12/h5-7,11H,2-4,8,14H2,1H3. The molecule has 0 spiro atoms. The molecule has 3 heteroatoms. The first-order valence-corrected chi connectivity index (χ1v) is 5.43. The molecule has 0 bridgehead atoms. The van der Waals surface area contributed by atoms with Gasteiger partial charge in [0.15, 0.2) is 0 Å². The van der Waals surface area contributed by atoms with E-state index in [1.807, 2.05) is 13.1 Å². The van der Waals surface area contributed by atoms with Crippen LogP contribution in [-0.4, -0.2) is 13.1 Å². The monoisotopic (exact) mass is 208 g/mol. The fraction of sp³-hybridized carbons (Fsp3) is 0.500. The van der Waals surface area contributed by atoms with Crippen molar-refractivity contribution in [2.24, 2.45) is 5.73 Å². The van der Waals surface area contributed by atoms with Crippen LogP contribution in [0.25, 0.3) is 0 Å². The van der Waals surface area contributed by atoms with E-state index in [-0.39, 0.29) is 5.82 Å². The van der Waals surface area contributed by atoms with Crippen molar-refractivity contribution in [2.75, 3.05) is 11.9 Å². The molecule has 2 N–H and O–H groups in total. The van der Waals surface area contributed by atoms with Gasteiger partial charge in [-0.05, 0) is 43.0 Å². The molecular formula is C12H17FN2. The second-order valence-corrected chi connectivity index (χ2v) is 4.22. The molecule has 0 aromatic heterocycles. The van der Waals surface area contributed by atoms with Gasteiger partial charge in [-0.15, -0.1) is 0 Å². The van der Waals surface area contributed by atoms with Crippen molar-refractivity contribution in [3.05, 3.63) is 29.6 Å². The third-order valence-electron chi connectivity index (χ3n) is 3.21. The predicted octanol–water partition coefficient (Wildman–Crippen LogP) is 2.27. The molecule has 1 saturated carbocycles. The number of rotatable bonds is 3. The highest BCUT2D eigenvalue weighted by molar-refractivity contribution is 5.49. The largest absolute Gasteiger partial charge is 0.372 e. The lowest BCUT2D eigenvalue weighted by Gasteiger charge is -2.36. The van der Waals surface area contributed by atoms with Crippen LogP contribution < -0.4 is 10.6 Å². The quantitative estimate of drug-likeness (QED) is 0.825. The lowest BCUT2D eigenvalue weighted by molar-refractivity contribution is 0.401. The smallest absolute Gasteiger partial charge is 0.125 e. The van der Waals surface area contributed by atoms with Crippen LogP contribution in [0.4, 0.5) is 10.1 Å². The second kappa shape index (κ2) is 4.19. The molecule has 0 aliphatic heterocycles. The molecule has 1 aliphatic carbocycles. The zero-order valence-corrected chi connectivity index (χ0v) is 9.04. The van der Waals surface area contributed by atoms with Gasteiger partial charge in [0, 0.05) is 25.3 Å². The van der Waals surface area contributed by atoms with Gasteiger partial charge >= 0.3 is 0 Å². The number of nitrogens with two attached hydrogens (primary N) is 1. The summed E-state index contributed by atoms with van der Waals surface area (Å²) in [6.07, 6.45) is 3.71. The van der Waals surface area contributed by atoms with Crippen LogP contribution in [0.1, 0.15) is 24.8 Å². The predicted molar refractivity (Wildman–Crippen MR) is 60.3 cm³/mol. The van der Waals surface area contributed by atoms with E-state index in [4.69, 9.17) is 5.73 Å². The Balaban J connectivity index is 2.22. The number of benzene rings is 1. The summed E-state index contributed by atoms with van der Waals surface area (Å²) < 4.78 is 13.3. The molecule has 2 nitrogen and oxygen atoms in total. The van der Waals surface area contributed by atoms with Crippen molar-refractivity contribution in [2.45, 2.75) is 31.8 Å². The minimum Gasteiger partial charge on any atom is -0.372 e. The molecule has 1 aromatic carbocycles. The topological polar surface area (TPSA) is 29.3 Å². The fourth-order valence-corrected chi connectivity index (χ4v) is 1.94. The Morgan fingerprint density at radius 1 is 1.40 bits per heavy atom. The van der Waals surface area contributed by atoms with E-state index in [1.165, 1.54) is 25.3 Å². The third-order valence-corrected chi connectivity index (χ3v) is 3.21. The van der Waals surface area contributed by atoms with Crippen LogP contribution in [-0.2, 0) is 6.54 Å². The Bertz CT molecular complexity index is 347. The van der Waals surface area contributed by atoms with Gasteiger partial charge in [-0.2, -0.15) is 0 Å². The van der Waals surface area contributed by atoms with Crippen molar-refractivity contribution in [3.8, 4) is 0 Å². The Morgan fingerprint density at radius 2 is 2.13 bits per heavy atom. The van der Waals surface area contributed by atoms with E-state index in [0.29, 0.717) is 12.6 Å². The highest BCUT2D eigenvalue weighted by atomic mass is 19.1. The van der Waals surface area contributed by atoms with Crippen molar-refractivity contribution >= 4 is 5.69 Å². The van der Waals surface area contributed by atoms with E-state index in [2.05, 4.69) is 4.90 Å². The normalized spacial score (nSPS) is 16.2. The first-order chi connectivity index (χ1) is 7.20. The number of hydrogen-bond acceptors (Lipinski definition) is 2. The zero-order valence-electron chi connectivity index (χ0n) is 9.04. The Labute approximate surface area is 89.9 Å². The van der Waals surface area contributed by atoms with E-state index in [9.17, 15) is 4.39 Å². The maximum atomic E-state index is 13.3. The fourth-order valence-electron chi connectivity index (χ4n) is 1.94. The van der Waals surface area contributed by atoms with Gasteiger partial charge in [0.25, 0.3) is 0 Å². The minimum absolute atomic E-state index is 0.195. The van der Waals surface area contributed by atoms with Crippen molar-refractivity contribution < 1.29 is 4.39 Å². The molecule has 15 heavy (non-hydrogen) atoms. The lowest BCUT2D eigenvalue weighted by atomic mass is 9.91. The SMILES string of the molecule is CN(c1cc(F)cc(CN)c1)C1CCC1. The van der Waals surface area contributed by atoms with Gasteiger partial charge < -0.3 is 10.6 Å². The molecule has 82 valence electrons. The van der Waals surface area contributed by atoms with Gasteiger partial charge in [-0.3, -0.25) is 0 Å². The average molecular weight is 208 g/mol. The summed E-state index contributed by atoms with van der Waals surface area (Å²) in [5.41, 5.74) is 7.33.